The number of hydrogen-bond acceptors (Lipinski definition) is 5. The quantitative estimate of drug-likeness (QED) is 0.672. The first kappa shape index (κ1) is 20.2. The first-order valence-electron chi connectivity index (χ1n) is 8.82. The lowest BCUT2D eigenvalue weighted by atomic mass is 9.92. The smallest absolute Gasteiger partial charge is 0.190 e. The first-order chi connectivity index (χ1) is 12.8. The summed E-state index contributed by atoms with van der Waals surface area (Å²) in [6, 6.07) is 6.66. The van der Waals surface area contributed by atoms with Crippen molar-refractivity contribution in [2.75, 3.05) is 0 Å². The highest BCUT2D eigenvalue weighted by molar-refractivity contribution is 7.92. The van der Waals surface area contributed by atoms with Gasteiger partial charge in [-0.2, -0.15) is 5.10 Å². The van der Waals surface area contributed by atoms with E-state index in [9.17, 15) is 12.8 Å². The van der Waals surface area contributed by atoms with Gasteiger partial charge in [0.05, 0.1) is 10.6 Å². The Balaban J connectivity index is 2.01. The average molecular weight is 405 g/mol. The van der Waals surface area contributed by atoms with Gasteiger partial charge < -0.3 is 4.98 Å². The Morgan fingerprint density at radius 1 is 1.04 bits per heavy atom. The molecule has 0 aliphatic rings. The zero-order valence-electron chi connectivity index (χ0n) is 16.8. The summed E-state index contributed by atoms with van der Waals surface area (Å²) in [4.78, 5) is 3.05. The number of H-pyrrole nitrogens is 1. The number of benzene rings is 1. The van der Waals surface area contributed by atoms with Crippen LogP contribution in [0.5, 0.6) is 0 Å². The largest absolute Gasteiger partial charge is 0.322 e. The third-order valence-electron chi connectivity index (χ3n) is 4.74. The van der Waals surface area contributed by atoms with Crippen LogP contribution in [0, 0.1) is 5.82 Å². The minimum absolute atomic E-state index is 0.0207. The molecule has 3 rings (SSSR count). The summed E-state index contributed by atoms with van der Waals surface area (Å²) in [5, 5.41) is 12.7. The SMILES string of the molecule is Cn1nc(C(C)(C)C)cc1-c1nnc(C(C)(C)S(=O)(=O)c2ccc(F)cc2)[nH]1. The van der Waals surface area contributed by atoms with Gasteiger partial charge in [0.2, 0.25) is 0 Å². The lowest BCUT2D eigenvalue weighted by Crippen LogP contribution is -2.30. The van der Waals surface area contributed by atoms with Crippen LogP contribution in [-0.2, 0) is 27.0 Å². The summed E-state index contributed by atoms with van der Waals surface area (Å²) < 4.78 is 39.6. The van der Waals surface area contributed by atoms with Crippen LogP contribution in [0.25, 0.3) is 11.5 Å². The molecule has 2 heterocycles. The third kappa shape index (κ3) is 3.34. The van der Waals surface area contributed by atoms with Gasteiger partial charge in [-0.05, 0) is 44.2 Å². The fourth-order valence-corrected chi connectivity index (χ4v) is 4.17. The maximum atomic E-state index is 13.2. The van der Waals surface area contributed by atoms with Gasteiger partial charge in [0, 0.05) is 12.5 Å². The Kier molecular flexibility index (Phi) is 4.69. The monoisotopic (exact) mass is 405 g/mol. The minimum Gasteiger partial charge on any atom is -0.322 e. The molecule has 0 aliphatic carbocycles. The van der Waals surface area contributed by atoms with Crippen LogP contribution in [0.1, 0.15) is 46.1 Å². The van der Waals surface area contributed by atoms with Crippen molar-refractivity contribution < 1.29 is 12.8 Å². The number of aryl methyl sites for hydroxylation is 1. The van der Waals surface area contributed by atoms with E-state index in [0.29, 0.717) is 11.5 Å². The summed E-state index contributed by atoms with van der Waals surface area (Å²) in [6.45, 7) is 9.26. The molecule has 7 nitrogen and oxygen atoms in total. The lowest BCUT2D eigenvalue weighted by molar-refractivity contribution is 0.544. The molecule has 0 spiro atoms. The van der Waals surface area contributed by atoms with Crippen LogP contribution in [0.3, 0.4) is 0 Å². The normalized spacial score (nSPS) is 13.1. The van der Waals surface area contributed by atoms with Crippen molar-refractivity contribution in [1.82, 2.24) is 25.0 Å². The summed E-state index contributed by atoms with van der Waals surface area (Å²) in [7, 11) is -2.03. The Labute approximate surface area is 163 Å². The zero-order chi connectivity index (χ0) is 20.9. The molecular formula is C19H24FN5O2S. The second-order valence-electron chi connectivity index (χ2n) is 8.28. The molecule has 0 radical (unpaired) electrons. The molecule has 0 atom stereocenters. The predicted molar refractivity (Wildman–Crippen MR) is 104 cm³/mol. The molecule has 2 aromatic heterocycles. The van der Waals surface area contributed by atoms with Gasteiger partial charge in [0.1, 0.15) is 16.3 Å². The molecule has 0 saturated heterocycles. The number of hydrogen-bond donors (Lipinski definition) is 1. The summed E-state index contributed by atoms with van der Waals surface area (Å²) >= 11 is 0. The molecule has 0 amide bonds. The third-order valence-corrected chi connectivity index (χ3v) is 7.17. The van der Waals surface area contributed by atoms with Crippen LogP contribution in [0.4, 0.5) is 4.39 Å². The molecule has 0 fully saturated rings. The van der Waals surface area contributed by atoms with Gasteiger partial charge in [0.25, 0.3) is 0 Å². The van der Waals surface area contributed by atoms with Crippen LogP contribution in [-0.4, -0.2) is 33.4 Å². The van der Waals surface area contributed by atoms with Crippen LogP contribution in [0.2, 0.25) is 0 Å². The molecule has 1 aromatic carbocycles. The van der Waals surface area contributed by atoms with E-state index in [0.717, 1.165) is 17.8 Å². The molecule has 1 N–H and O–H groups in total. The van der Waals surface area contributed by atoms with E-state index in [1.54, 1.807) is 25.6 Å². The molecule has 0 bridgehead atoms. The fourth-order valence-electron chi connectivity index (χ4n) is 2.74. The maximum absolute atomic E-state index is 13.2. The van der Waals surface area contributed by atoms with Crippen molar-refractivity contribution in [2.24, 2.45) is 7.05 Å². The number of nitrogens with zero attached hydrogens (tertiary/aromatic N) is 4. The molecule has 0 unspecified atom stereocenters. The predicted octanol–water partition coefficient (Wildman–Crippen LogP) is 3.35. The molecule has 28 heavy (non-hydrogen) atoms. The number of aromatic nitrogens is 5. The summed E-state index contributed by atoms with van der Waals surface area (Å²) in [6.07, 6.45) is 0. The zero-order valence-corrected chi connectivity index (χ0v) is 17.6. The molecule has 3 aromatic rings. The van der Waals surface area contributed by atoms with Crippen molar-refractivity contribution in [3.63, 3.8) is 0 Å². The van der Waals surface area contributed by atoms with Crippen molar-refractivity contribution in [3.05, 3.63) is 47.7 Å². The molecule has 9 heteroatoms. The fraction of sp³-hybridized carbons (Fsp3) is 0.421. The van der Waals surface area contributed by atoms with Gasteiger partial charge >= 0.3 is 0 Å². The van der Waals surface area contributed by atoms with Crippen molar-refractivity contribution in [3.8, 4) is 11.5 Å². The molecule has 0 aliphatic heterocycles. The Bertz CT molecular complexity index is 1110. The van der Waals surface area contributed by atoms with E-state index in [4.69, 9.17) is 0 Å². The van der Waals surface area contributed by atoms with E-state index < -0.39 is 20.4 Å². The van der Waals surface area contributed by atoms with Crippen LogP contribution >= 0.6 is 0 Å². The van der Waals surface area contributed by atoms with Gasteiger partial charge in [-0.1, -0.05) is 20.8 Å². The molecular weight excluding hydrogens is 381 g/mol. The second kappa shape index (κ2) is 6.51. The van der Waals surface area contributed by atoms with E-state index in [1.807, 2.05) is 6.07 Å². The summed E-state index contributed by atoms with van der Waals surface area (Å²) in [5.74, 6) is 0.137. The average Bonchev–Trinajstić information content (AvgIpc) is 3.21. The number of halogens is 1. The van der Waals surface area contributed by atoms with E-state index in [1.165, 1.54) is 12.1 Å². The van der Waals surface area contributed by atoms with E-state index in [-0.39, 0.29) is 16.1 Å². The molecule has 150 valence electrons. The van der Waals surface area contributed by atoms with Gasteiger partial charge in [-0.25, -0.2) is 12.8 Å². The number of sulfone groups is 1. The van der Waals surface area contributed by atoms with Crippen LogP contribution < -0.4 is 0 Å². The van der Waals surface area contributed by atoms with Crippen molar-refractivity contribution in [2.45, 2.75) is 49.7 Å². The van der Waals surface area contributed by atoms with E-state index in [2.05, 4.69) is 41.1 Å². The lowest BCUT2D eigenvalue weighted by Gasteiger charge is -2.22. The van der Waals surface area contributed by atoms with Crippen molar-refractivity contribution >= 4 is 9.84 Å². The topological polar surface area (TPSA) is 93.5 Å². The molecule has 0 saturated carbocycles. The Hall–Kier alpha value is -2.55. The highest BCUT2D eigenvalue weighted by Crippen LogP contribution is 2.34. The van der Waals surface area contributed by atoms with E-state index >= 15 is 0 Å². The van der Waals surface area contributed by atoms with Crippen molar-refractivity contribution in [1.29, 1.82) is 0 Å². The first-order valence-corrected chi connectivity index (χ1v) is 10.3. The summed E-state index contributed by atoms with van der Waals surface area (Å²) in [5.41, 5.74) is 1.46. The maximum Gasteiger partial charge on any atom is 0.190 e. The number of aromatic amines is 1. The number of nitrogens with one attached hydrogen (secondary N) is 1. The highest BCUT2D eigenvalue weighted by Gasteiger charge is 2.41. The van der Waals surface area contributed by atoms with Gasteiger partial charge in [0.15, 0.2) is 21.5 Å². The minimum atomic E-state index is -3.83. The highest BCUT2D eigenvalue weighted by atomic mass is 32.2. The second-order valence-corrected chi connectivity index (χ2v) is 10.8. The van der Waals surface area contributed by atoms with Crippen LogP contribution in [0.15, 0.2) is 35.2 Å². The van der Waals surface area contributed by atoms with Gasteiger partial charge in [-0.3, -0.25) is 4.68 Å². The number of rotatable bonds is 4. The van der Waals surface area contributed by atoms with Gasteiger partial charge in [-0.15, -0.1) is 10.2 Å². The standard InChI is InChI=1S/C19H24FN5O2S/c1-18(2,3)15-11-14(25(6)24-15)16-21-17(23-22-16)19(4,5)28(26,27)13-9-7-12(20)8-10-13/h7-11H,1-6H3,(H,21,22,23). The Morgan fingerprint density at radius 3 is 2.18 bits per heavy atom. The Morgan fingerprint density at radius 2 is 1.64 bits per heavy atom.